The number of hydrogen-bond acceptors (Lipinski definition) is 0. The van der Waals surface area contributed by atoms with Gasteiger partial charge in [0, 0.05) is 5.41 Å². The highest BCUT2D eigenvalue weighted by Crippen LogP contribution is 2.50. The highest BCUT2D eigenvalue weighted by atomic mass is 14.4. The molecule has 0 unspecified atom stereocenters. The van der Waals surface area contributed by atoms with Crippen LogP contribution in [0.2, 0.25) is 0 Å². The van der Waals surface area contributed by atoms with E-state index in [1.165, 1.54) is 21.9 Å². The van der Waals surface area contributed by atoms with E-state index in [-0.39, 0.29) is 29.6 Å². The highest BCUT2D eigenvalue weighted by molar-refractivity contribution is 6.25. The molecule has 0 amide bonds. The molecule has 0 saturated carbocycles. The van der Waals surface area contributed by atoms with Crippen LogP contribution in [0.5, 0.6) is 0 Å². The zero-order chi connectivity index (χ0) is 36.2. The van der Waals surface area contributed by atoms with Crippen LogP contribution in [-0.2, 0) is 5.41 Å². The Bertz CT molecular complexity index is 2940. The van der Waals surface area contributed by atoms with Gasteiger partial charge in [-0.3, -0.25) is 0 Å². The van der Waals surface area contributed by atoms with Crippen LogP contribution in [-0.4, -0.2) is 0 Å². The summed E-state index contributed by atoms with van der Waals surface area (Å²) in [6.45, 7) is 4.42. The molecule has 1 aliphatic rings. The van der Waals surface area contributed by atoms with Crippen molar-refractivity contribution in [1.29, 1.82) is 0 Å². The van der Waals surface area contributed by atoms with Crippen LogP contribution >= 0.6 is 0 Å². The quantitative estimate of drug-likeness (QED) is 0.135. The third-order valence-corrected chi connectivity index (χ3v) is 10.7. The predicted octanol–water partition coefficient (Wildman–Crippen LogP) is 13.6. The van der Waals surface area contributed by atoms with Gasteiger partial charge < -0.3 is 0 Å². The lowest BCUT2D eigenvalue weighted by molar-refractivity contribution is 0.660. The van der Waals surface area contributed by atoms with E-state index in [1.54, 1.807) is 0 Å². The minimum atomic E-state index is -0.254. The second kappa shape index (κ2) is 10.5. The van der Waals surface area contributed by atoms with E-state index in [1.807, 2.05) is 30.3 Å². The van der Waals surface area contributed by atoms with Crippen LogP contribution < -0.4 is 0 Å². The molecule has 0 fully saturated rings. The van der Waals surface area contributed by atoms with Crippen LogP contribution in [0.4, 0.5) is 0 Å². The lowest BCUT2D eigenvalue weighted by Crippen LogP contribution is -2.14. The summed E-state index contributed by atoms with van der Waals surface area (Å²) in [5, 5.41) is 8.50. The zero-order valence-electron chi connectivity index (χ0n) is 31.4. The van der Waals surface area contributed by atoms with Crippen LogP contribution in [0.15, 0.2) is 170 Å². The van der Waals surface area contributed by atoms with Gasteiger partial charge in [0.2, 0.25) is 0 Å². The van der Waals surface area contributed by atoms with Crippen molar-refractivity contribution in [3.63, 3.8) is 0 Å². The van der Waals surface area contributed by atoms with Crippen molar-refractivity contribution in [2.24, 2.45) is 0 Å². The summed E-state index contributed by atoms with van der Waals surface area (Å²) >= 11 is 0. The Kier molecular flexibility index (Phi) is 5.19. The largest absolute Gasteiger partial charge is 0.0629 e. The summed E-state index contributed by atoms with van der Waals surface area (Å²) in [6, 6.07) is 50.2. The fourth-order valence-electron chi connectivity index (χ4n) is 8.39. The molecule has 0 heteroatoms. The van der Waals surface area contributed by atoms with Gasteiger partial charge in [0.15, 0.2) is 0 Å². The fourth-order valence-corrected chi connectivity index (χ4v) is 8.39. The third-order valence-electron chi connectivity index (χ3n) is 10.7. The lowest BCUT2D eigenvalue weighted by Gasteiger charge is -2.22. The number of hydrogen-bond donors (Lipinski definition) is 0. The lowest BCUT2D eigenvalue weighted by atomic mass is 9.81. The van der Waals surface area contributed by atoms with Crippen molar-refractivity contribution < 1.29 is 5.48 Å². The van der Waals surface area contributed by atoms with E-state index in [0.717, 1.165) is 60.1 Å². The van der Waals surface area contributed by atoms with Crippen LogP contribution in [0.25, 0.3) is 87.6 Å². The maximum absolute atomic E-state index is 9.57. The maximum atomic E-state index is 9.57. The van der Waals surface area contributed by atoms with Crippen LogP contribution in [0.1, 0.15) is 30.5 Å². The Labute approximate surface area is 292 Å². The fraction of sp³-hybridized carbons (Fsp3) is 0.0612. The molecule has 9 aromatic carbocycles. The van der Waals surface area contributed by atoms with Gasteiger partial charge >= 0.3 is 0 Å². The van der Waals surface area contributed by atoms with Crippen molar-refractivity contribution in [2.75, 3.05) is 0 Å². The molecule has 9 aromatic rings. The summed E-state index contributed by atoms with van der Waals surface area (Å²) in [5.74, 6) is 0. The van der Waals surface area contributed by atoms with E-state index in [9.17, 15) is 5.48 Å². The summed E-state index contributed by atoms with van der Waals surface area (Å²) < 4.78 is 38.1. The van der Waals surface area contributed by atoms with Crippen LogP contribution in [0, 0.1) is 0 Å². The molecule has 230 valence electrons. The number of rotatable bonds is 3. The minimum Gasteiger partial charge on any atom is -0.0619 e. The minimum absolute atomic E-state index is 0.0352. The van der Waals surface area contributed by atoms with Gasteiger partial charge in [-0.25, -0.2) is 0 Å². The molecule has 49 heavy (non-hydrogen) atoms. The van der Waals surface area contributed by atoms with Crippen molar-refractivity contribution in [3.8, 4) is 44.5 Å². The summed E-state index contributed by atoms with van der Waals surface area (Å²) in [4.78, 5) is 0. The van der Waals surface area contributed by atoms with Gasteiger partial charge in [-0.1, -0.05) is 171 Å². The van der Waals surface area contributed by atoms with Crippen molar-refractivity contribution >= 4 is 43.1 Å². The first kappa shape index (κ1) is 24.2. The standard InChI is InChI=1S/C49H34/c1-49(2)45-22-12-11-17-38(45)39-28-27-33(30-46(39)49)31-23-25-32(26-24-31)47-40-18-7-9-20-42(40)48(43-21-10-8-19-41(43)47)44-29-34-13-3-4-14-35(34)36-15-5-6-16-37(36)44/h3-30H,1-2H3/i23D,24D,25D,26D. The van der Waals surface area contributed by atoms with Gasteiger partial charge in [-0.15, -0.1) is 0 Å². The van der Waals surface area contributed by atoms with E-state index in [4.69, 9.17) is 0 Å². The zero-order valence-corrected chi connectivity index (χ0v) is 27.4. The molecule has 0 radical (unpaired) electrons. The van der Waals surface area contributed by atoms with E-state index in [2.05, 4.69) is 129 Å². The van der Waals surface area contributed by atoms with Gasteiger partial charge in [0.05, 0.1) is 5.48 Å². The molecule has 10 rings (SSSR count). The average molecular weight is 627 g/mol. The molecular formula is C49H34. The third kappa shape index (κ3) is 4.11. The summed E-state index contributed by atoms with van der Waals surface area (Å²) in [6.07, 6.45) is 0. The Balaban J connectivity index is 1.24. The van der Waals surface area contributed by atoms with Gasteiger partial charge in [0.1, 0.15) is 0 Å². The first-order chi connectivity index (χ1) is 25.8. The highest BCUT2D eigenvalue weighted by Gasteiger charge is 2.35. The molecule has 1 aliphatic carbocycles. The summed E-state index contributed by atoms with van der Waals surface area (Å²) in [5.41, 5.74) is 8.76. The molecule has 0 saturated heterocycles. The van der Waals surface area contributed by atoms with Crippen molar-refractivity contribution in [1.82, 2.24) is 0 Å². The maximum Gasteiger partial charge on any atom is 0.0629 e. The normalized spacial score (nSPS) is 14.4. The first-order valence-corrected chi connectivity index (χ1v) is 17.0. The Hall–Kier alpha value is -5.98. The van der Waals surface area contributed by atoms with Crippen molar-refractivity contribution in [3.05, 3.63) is 181 Å². The molecular weight excluding hydrogens is 589 g/mol. The molecule has 0 bridgehead atoms. The number of fused-ring (bicyclic) bond motifs is 8. The molecule has 0 nitrogen and oxygen atoms in total. The SMILES string of the molecule is [2H]c1c([2H])c(-c2c3ccccc3c(-c3cc4ccccc4c4ccccc34)c3ccccc23)c([2H])c([2H])c1-c1ccc2c(c1)C(C)(C)c1ccccc1-2. The molecule has 0 aliphatic heterocycles. The Morgan fingerprint density at radius 3 is 1.57 bits per heavy atom. The molecule has 0 spiro atoms. The second-order valence-corrected chi connectivity index (χ2v) is 13.7. The molecule has 0 aromatic heterocycles. The number of benzene rings is 9. The summed E-state index contributed by atoms with van der Waals surface area (Å²) in [7, 11) is 0. The van der Waals surface area contributed by atoms with Gasteiger partial charge in [0.25, 0.3) is 0 Å². The smallest absolute Gasteiger partial charge is 0.0619 e. The van der Waals surface area contributed by atoms with E-state index in [0.29, 0.717) is 16.7 Å². The van der Waals surface area contributed by atoms with Crippen molar-refractivity contribution in [2.45, 2.75) is 19.3 Å². The Morgan fingerprint density at radius 2 is 0.878 bits per heavy atom. The van der Waals surface area contributed by atoms with E-state index >= 15 is 0 Å². The van der Waals surface area contributed by atoms with E-state index < -0.39 is 0 Å². The molecule has 0 N–H and O–H groups in total. The van der Waals surface area contributed by atoms with Gasteiger partial charge in [-0.05, 0) is 111 Å². The molecule has 0 atom stereocenters. The predicted molar refractivity (Wildman–Crippen MR) is 210 cm³/mol. The van der Waals surface area contributed by atoms with Crippen LogP contribution in [0.3, 0.4) is 0 Å². The average Bonchev–Trinajstić information content (AvgIpc) is 3.42. The van der Waals surface area contributed by atoms with Gasteiger partial charge in [-0.2, -0.15) is 0 Å². The molecule has 0 heterocycles. The second-order valence-electron chi connectivity index (χ2n) is 13.7. The topological polar surface area (TPSA) is 0 Å². The Morgan fingerprint density at radius 1 is 0.367 bits per heavy atom. The monoisotopic (exact) mass is 626 g/mol. The first-order valence-electron chi connectivity index (χ1n) is 19.0.